The van der Waals surface area contributed by atoms with Gasteiger partial charge >= 0.3 is 0 Å². The summed E-state index contributed by atoms with van der Waals surface area (Å²) in [6.45, 7) is 5.59. The minimum Gasteiger partial charge on any atom is -0.501 e. The molecule has 0 aliphatic heterocycles. The van der Waals surface area contributed by atoms with Crippen LogP contribution in [0.4, 0.5) is 5.69 Å². The van der Waals surface area contributed by atoms with E-state index in [1.807, 2.05) is 32.9 Å². The Hall–Kier alpha value is -4.72. The highest BCUT2D eigenvalue weighted by atomic mass is 16.5. The number of carbonyl (C=O) groups is 1. The number of aromatic nitrogens is 5. The van der Waals surface area contributed by atoms with Crippen LogP contribution in [0.3, 0.4) is 0 Å². The monoisotopic (exact) mass is 473 g/mol. The van der Waals surface area contributed by atoms with Gasteiger partial charge in [-0.15, -0.1) is 0 Å². The van der Waals surface area contributed by atoms with E-state index in [0.29, 0.717) is 5.56 Å². The van der Waals surface area contributed by atoms with Gasteiger partial charge in [0.1, 0.15) is 17.8 Å². The molecule has 3 aromatic heterocycles. The maximum absolute atomic E-state index is 12.9. The van der Waals surface area contributed by atoms with Crippen molar-refractivity contribution in [3.8, 4) is 11.8 Å². The number of aryl methyl sites for hydroxylation is 2. The van der Waals surface area contributed by atoms with Crippen LogP contribution in [0.15, 0.2) is 46.0 Å². The number of aromatic amines is 1. The molecule has 0 saturated carbocycles. The lowest BCUT2D eigenvalue weighted by atomic mass is 9.78. The Morgan fingerprint density at radius 3 is 2.69 bits per heavy atom. The molecule has 0 aliphatic rings. The van der Waals surface area contributed by atoms with Crippen molar-refractivity contribution in [3.63, 3.8) is 0 Å². The van der Waals surface area contributed by atoms with Gasteiger partial charge in [-0.1, -0.05) is 30.3 Å². The van der Waals surface area contributed by atoms with E-state index in [9.17, 15) is 20.0 Å². The molecule has 0 spiro atoms. The minimum atomic E-state index is -0.790. The molecule has 4 rings (SSSR count). The number of nitrogens with zero attached hydrogens (tertiary/aromatic N) is 5. The van der Waals surface area contributed by atoms with Gasteiger partial charge in [-0.3, -0.25) is 19.3 Å². The van der Waals surface area contributed by atoms with Gasteiger partial charge in [0.2, 0.25) is 5.75 Å². The number of anilines is 1. The van der Waals surface area contributed by atoms with Crippen molar-refractivity contribution in [1.82, 2.24) is 24.9 Å². The molecule has 0 saturated heterocycles. The molecule has 1 aromatic carbocycles. The molecule has 2 atom stereocenters. The third-order valence-corrected chi connectivity index (χ3v) is 6.03. The number of hydrogen-bond donors (Lipinski definition) is 3. The van der Waals surface area contributed by atoms with Crippen LogP contribution in [0.1, 0.15) is 63.2 Å². The summed E-state index contributed by atoms with van der Waals surface area (Å²) in [5, 5.41) is 33.5. The smallest absolute Gasteiger partial charge is 0.296 e. The van der Waals surface area contributed by atoms with E-state index in [0.717, 1.165) is 22.5 Å². The van der Waals surface area contributed by atoms with Crippen molar-refractivity contribution >= 4 is 11.6 Å². The number of benzene rings is 1. The molecule has 0 bridgehead atoms. The normalized spacial score (nSPS) is 12.7. The Kier molecular flexibility index (Phi) is 6.20. The van der Waals surface area contributed by atoms with Crippen molar-refractivity contribution in [1.29, 1.82) is 5.26 Å². The lowest BCUT2D eigenvalue weighted by molar-refractivity contribution is 0.101. The Labute approximate surface area is 200 Å². The Morgan fingerprint density at radius 1 is 1.31 bits per heavy atom. The van der Waals surface area contributed by atoms with Crippen molar-refractivity contribution in [2.75, 3.05) is 5.32 Å². The molecule has 1 amide bonds. The molecule has 4 aromatic rings. The SMILES string of the molecule is Cc1n[nH]c(C)c1C(c1ccccc1C#N)C(C)c1nc(C(=O)Nc2cnoc2)c(O)c(=O)n1C. The van der Waals surface area contributed by atoms with Crippen LogP contribution in [0, 0.1) is 25.2 Å². The summed E-state index contributed by atoms with van der Waals surface area (Å²) in [4.78, 5) is 30.2. The van der Waals surface area contributed by atoms with Gasteiger partial charge in [-0.2, -0.15) is 10.4 Å². The summed E-state index contributed by atoms with van der Waals surface area (Å²) in [5.74, 6) is -2.24. The maximum Gasteiger partial charge on any atom is 0.296 e. The fraction of sp³-hybridized carbons (Fsp3) is 0.250. The van der Waals surface area contributed by atoms with E-state index in [2.05, 4.69) is 31.7 Å². The van der Waals surface area contributed by atoms with Crippen LogP contribution in [0.25, 0.3) is 0 Å². The van der Waals surface area contributed by atoms with Crippen molar-refractivity contribution < 1.29 is 14.4 Å². The summed E-state index contributed by atoms with van der Waals surface area (Å²) < 4.78 is 5.91. The van der Waals surface area contributed by atoms with Gasteiger partial charge < -0.3 is 14.9 Å². The molecular formula is C24H23N7O4. The zero-order valence-corrected chi connectivity index (χ0v) is 19.5. The topological polar surface area (TPSA) is 163 Å². The van der Waals surface area contributed by atoms with Gasteiger partial charge in [0.05, 0.1) is 23.5 Å². The number of nitriles is 1. The first-order valence-electron chi connectivity index (χ1n) is 10.8. The Balaban J connectivity index is 1.90. The first kappa shape index (κ1) is 23.4. The standard InChI is InChI=1S/C24H23N7O4/c1-12(18(19-13(2)29-30-14(19)3)17-8-6-5-7-15(17)9-25)22-28-20(21(32)24(34)31(22)4)23(33)27-16-10-26-35-11-16/h5-8,10-12,18,32H,1-4H3,(H,27,33)(H,29,30). The fourth-order valence-electron chi connectivity index (χ4n) is 4.34. The van der Waals surface area contributed by atoms with Crippen LogP contribution in [0.5, 0.6) is 5.75 Å². The molecule has 35 heavy (non-hydrogen) atoms. The lowest BCUT2D eigenvalue weighted by Crippen LogP contribution is -2.29. The average Bonchev–Trinajstić information content (AvgIpc) is 3.48. The summed E-state index contributed by atoms with van der Waals surface area (Å²) in [5.41, 5.74) is 2.65. The van der Waals surface area contributed by atoms with Crippen molar-refractivity contribution in [3.05, 3.63) is 86.7 Å². The number of H-pyrrole nitrogens is 1. The third kappa shape index (κ3) is 4.17. The lowest BCUT2D eigenvalue weighted by Gasteiger charge is -2.27. The zero-order valence-electron chi connectivity index (χ0n) is 19.5. The highest BCUT2D eigenvalue weighted by Gasteiger charge is 2.33. The van der Waals surface area contributed by atoms with E-state index in [4.69, 9.17) is 4.52 Å². The highest BCUT2D eigenvalue weighted by Crippen LogP contribution is 2.41. The van der Waals surface area contributed by atoms with E-state index in [-0.39, 0.29) is 11.5 Å². The van der Waals surface area contributed by atoms with E-state index < -0.39 is 34.7 Å². The molecular weight excluding hydrogens is 450 g/mol. The minimum absolute atomic E-state index is 0.247. The van der Waals surface area contributed by atoms with Crippen LogP contribution < -0.4 is 10.9 Å². The van der Waals surface area contributed by atoms with Gasteiger partial charge in [-0.25, -0.2) is 4.98 Å². The van der Waals surface area contributed by atoms with Crippen molar-refractivity contribution in [2.24, 2.45) is 7.05 Å². The maximum atomic E-state index is 12.9. The molecule has 3 N–H and O–H groups in total. The Morgan fingerprint density at radius 2 is 2.06 bits per heavy atom. The molecule has 0 fully saturated rings. The molecule has 11 nitrogen and oxygen atoms in total. The van der Waals surface area contributed by atoms with E-state index in [1.54, 1.807) is 12.1 Å². The number of aromatic hydroxyl groups is 1. The average molecular weight is 473 g/mol. The number of carbonyl (C=O) groups excluding carboxylic acids is 1. The van der Waals surface area contributed by atoms with E-state index in [1.165, 1.54) is 24.1 Å². The molecule has 0 radical (unpaired) electrons. The van der Waals surface area contributed by atoms with Crippen molar-refractivity contribution in [2.45, 2.75) is 32.6 Å². The van der Waals surface area contributed by atoms with Crippen LogP contribution >= 0.6 is 0 Å². The van der Waals surface area contributed by atoms with Gasteiger partial charge in [0.25, 0.3) is 11.5 Å². The quantitative estimate of drug-likeness (QED) is 0.385. The van der Waals surface area contributed by atoms with Crippen LogP contribution in [-0.2, 0) is 7.05 Å². The molecule has 0 aliphatic carbocycles. The molecule has 3 heterocycles. The number of rotatable bonds is 6. The Bertz CT molecular complexity index is 1480. The predicted octanol–water partition coefficient (Wildman–Crippen LogP) is 2.87. The summed E-state index contributed by atoms with van der Waals surface area (Å²) in [6, 6.07) is 9.42. The number of nitrogens with one attached hydrogen (secondary N) is 2. The van der Waals surface area contributed by atoms with Gasteiger partial charge in [0.15, 0.2) is 5.69 Å². The number of amides is 1. The molecule has 178 valence electrons. The van der Waals surface area contributed by atoms with Gasteiger partial charge in [0, 0.05) is 30.1 Å². The summed E-state index contributed by atoms with van der Waals surface area (Å²) >= 11 is 0. The predicted molar refractivity (Wildman–Crippen MR) is 125 cm³/mol. The highest BCUT2D eigenvalue weighted by molar-refractivity contribution is 6.04. The second-order valence-corrected chi connectivity index (χ2v) is 8.21. The molecule has 2 unspecified atom stereocenters. The summed E-state index contributed by atoms with van der Waals surface area (Å²) in [7, 11) is 1.48. The third-order valence-electron chi connectivity index (χ3n) is 6.03. The van der Waals surface area contributed by atoms with Gasteiger partial charge in [-0.05, 0) is 25.5 Å². The van der Waals surface area contributed by atoms with Crippen LogP contribution in [-0.4, -0.2) is 35.9 Å². The second kappa shape index (κ2) is 9.26. The first-order valence-corrected chi connectivity index (χ1v) is 10.8. The largest absolute Gasteiger partial charge is 0.501 e. The number of hydrogen-bond acceptors (Lipinski definition) is 8. The molecule has 11 heteroatoms. The second-order valence-electron chi connectivity index (χ2n) is 8.21. The van der Waals surface area contributed by atoms with Crippen LogP contribution in [0.2, 0.25) is 0 Å². The zero-order chi connectivity index (χ0) is 25.3. The first-order chi connectivity index (χ1) is 16.7. The summed E-state index contributed by atoms with van der Waals surface area (Å²) in [6.07, 6.45) is 2.48. The van der Waals surface area contributed by atoms with E-state index >= 15 is 0 Å². The fourth-order valence-corrected chi connectivity index (χ4v) is 4.34.